The van der Waals surface area contributed by atoms with E-state index >= 15 is 0 Å². The summed E-state index contributed by atoms with van der Waals surface area (Å²) in [5.74, 6) is 1.58. The Labute approximate surface area is 96.3 Å². The molecule has 16 heavy (non-hydrogen) atoms. The molecule has 0 aliphatic heterocycles. The fraction of sp³-hybridized carbons (Fsp3) is 0.636. The average molecular weight is 224 g/mol. The lowest BCUT2D eigenvalue weighted by molar-refractivity contribution is 0.234. The van der Waals surface area contributed by atoms with Crippen LogP contribution >= 0.6 is 0 Å². The van der Waals surface area contributed by atoms with E-state index in [0.717, 1.165) is 23.7 Å². The predicted octanol–water partition coefficient (Wildman–Crippen LogP) is 1.40. The molecular formula is C11H20N4O. The van der Waals surface area contributed by atoms with E-state index in [4.69, 9.17) is 0 Å². The van der Waals surface area contributed by atoms with Gasteiger partial charge in [-0.15, -0.1) is 0 Å². The minimum absolute atomic E-state index is 0.0486. The number of hydrogen-bond acceptors (Lipinski definition) is 5. The maximum atomic E-state index is 9.20. The van der Waals surface area contributed by atoms with Crippen molar-refractivity contribution >= 4 is 11.6 Å². The first-order valence-corrected chi connectivity index (χ1v) is 5.44. The van der Waals surface area contributed by atoms with E-state index in [1.807, 2.05) is 27.7 Å². The summed E-state index contributed by atoms with van der Waals surface area (Å²) in [4.78, 5) is 8.34. The highest BCUT2D eigenvalue weighted by atomic mass is 16.3. The summed E-state index contributed by atoms with van der Waals surface area (Å²) in [5.41, 5.74) is 0.577. The van der Waals surface area contributed by atoms with Crippen LogP contribution in [0.3, 0.4) is 0 Å². The molecule has 1 aromatic heterocycles. The number of nitrogens with one attached hydrogen (secondary N) is 2. The third-order valence-electron chi connectivity index (χ3n) is 2.28. The molecule has 1 aromatic rings. The molecule has 0 aliphatic rings. The molecule has 0 amide bonds. The molecule has 1 heterocycles. The largest absolute Gasteiger partial charge is 0.394 e. The lowest BCUT2D eigenvalue weighted by Gasteiger charge is -2.25. The van der Waals surface area contributed by atoms with Crippen molar-refractivity contribution in [2.24, 2.45) is 0 Å². The van der Waals surface area contributed by atoms with Crippen molar-refractivity contribution in [1.29, 1.82) is 0 Å². The molecule has 0 bridgehead atoms. The molecule has 0 unspecified atom stereocenters. The molecule has 5 heteroatoms. The molecule has 90 valence electrons. The van der Waals surface area contributed by atoms with Crippen molar-refractivity contribution < 1.29 is 5.11 Å². The number of nitrogens with zero attached hydrogens (tertiary/aromatic N) is 2. The lowest BCUT2D eigenvalue weighted by Crippen LogP contribution is -2.35. The minimum Gasteiger partial charge on any atom is -0.394 e. The van der Waals surface area contributed by atoms with Crippen molar-refractivity contribution in [3.8, 4) is 0 Å². The maximum Gasteiger partial charge on any atom is 0.134 e. The molecule has 0 aromatic carbocycles. The second kappa shape index (κ2) is 5.12. The Morgan fingerprint density at radius 3 is 2.50 bits per heavy atom. The number of aromatic nitrogens is 2. The van der Waals surface area contributed by atoms with Crippen LogP contribution in [0.1, 0.15) is 26.3 Å². The second-order valence-electron chi connectivity index (χ2n) is 4.39. The van der Waals surface area contributed by atoms with E-state index in [0.29, 0.717) is 0 Å². The zero-order valence-corrected chi connectivity index (χ0v) is 10.3. The monoisotopic (exact) mass is 224 g/mol. The summed E-state index contributed by atoms with van der Waals surface area (Å²) in [6, 6.07) is 0. The summed E-state index contributed by atoms with van der Waals surface area (Å²) in [6.07, 6.45) is 1.51. The zero-order valence-electron chi connectivity index (χ0n) is 10.3. The summed E-state index contributed by atoms with van der Waals surface area (Å²) in [5, 5.41) is 15.6. The standard InChI is InChI=1S/C11H20N4O/c1-5-12-9-8(2)10(14-7-13-9)15-11(3,4)6-16/h7,16H,5-6H2,1-4H3,(H2,12,13,14,15). The number of aliphatic hydroxyl groups is 1. The van der Waals surface area contributed by atoms with Crippen molar-refractivity contribution in [1.82, 2.24) is 9.97 Å². The van der Waals surface area contributed by atoms with E-state index in [1.165, 1.54) is 6.33 Å². The Morgan fingerprint density at radius 2 is 1.94 bits per heavy atom. The Morgan fingerprint density at radius 1 is 1.31 bits per heavy atom. The van der Waals surface area contributed by atoms with Crippen LogP contribution in [0.25, 0.3) is 0 Å². The molecule has 0 saturated carbocycles. The van der Waals surface area contributed by atoms with Crippen molar-refractivity contribution in [2.75, 3.05) is 23.8 Å². The molecule has 0 atom stereocenters. The van der Waals surface area contributed by atoms with Gasteiger partial charge in [0.25, 0.3) is 0 Å². The second-order valence-corrected chi connectivity index (χ2v) is 4.39. The topological polar surface area (TPSA) is 70.1 Å². The summed E-state index contributed by atoms with van der Waals surface area (Å²) >= 11 is 0. The highest BCUT2D eigenvalue weighted by Crippen LogP contribution is 2.21. The van der Waals surface area contributed by atoms with Crippen molar-refractivity contribution in [3.63, 3.8) is 0 Å². The van der Waals surface area contributed by atoms with Crippen molar-refractivity contribution in [2.45, 2.75) is 33.2 Å². The van der Waals surface area contributed by atoms with Crippen LogP contribution in [-0.4, -0.2) is 33.8 Å². The van der Waals surface area contributed by atoms with Gasteiger partial charge in [-0.05, 0) is 27.7 Å². The highest BCUT2D eigenvalue weighted by Gasteiger charge is 2.18. The zero-order chi connectivity index (χ0) is 12.2. The molecule has 5 nitrogen and oxygen atoms in total. The van der Waals surface area contributed by atoms with Gasteiger partial charge in [0.1, 0.15) is 18.0 Å². The number of aliphatic hydroxyl groups excluding tert-OH is 1. The van der Waals surface area contributed by atoms with E-state index < -0.39 is 0 Å². The smallest absolute Gasteiger partial charge is 0.134 e. The van der Waals surface area contributed by atoms with Gasteiger partial charge in [0, 0.05) is 12.1 Å². The van der Waals surface area contributed by atoms with Gasteiger partial charge >= 0.3 is 0 Å². The normalized spacial score (nSPS) is 11.3. The van der Waals surface area contributed by atoms with Crippen LogP contribution < -0.4 is 10.6 Å². The third-order valence-corrected chi connectivity index (χ3v) is 2.28. The summed E-state index contributed by atoms with van der Waals surface area (Å²) in [6.45, 7) is 8.68. The van der Waals surface area contributed by atoms with Gasteiger partial charge in [-0.25, -0.2) is 9.97 Å². The molecule has 0 saturated heterocycles. The van der Waals surface area contributed by atoms with Gasteiger partial charge < -0.3 is 15.7 Å². The van der Waals surface area contributed by atoms with Crippen LogP contribution in [0.15, 0.2) is 6.33 Å². The summed E-state index contributed by atoms with van der Waals surface area (Å²) in [7, 11) is 0. The van der Waals surface area contributed by atoms with Gasteiger partial charge in [0.05, 0.1) is 12.1 Å². The van der Waals surface area contributed by atoms with Crippen LogP contribution in [0, 0.1) is 6.92 Å². The molecule has 0 fully saturated rings. The van der Waals surface area contributed by atoms with Crippen LogP contribution in [0.4, 0.5) is 11.6 Å². The molecular weight excluding hydrogens is 204 g/mol. The van der Waals surface area contributed by atoms with Gasteiger partial charge in [0.15, 0.2) is 0 Å². The van der Waals surface area contributed by atoms with E-state index in [9.17, 15) is 5.11 Å². The predicted molar refractivity (Wildman–Crippen MR) is 65.7 cm³/mol. The Bertz CT molecular complexity index is 352. The first kappa shape index (κ1) is 12.7. The number of anilines is 2. The van der Waals surface area contributed by atoms with Gasteiger partial charge in [0.2, 0.25) is 0 Å². The highest BCUT2D eigenvalue weighted by molar-refractivity contribution is 5.57. The van der Waals surface area contributed by atoms with E-state index in [2.05, 4.69) is 20.6 Å². The number of rotatable bonds is 5. The number of hydrogen-bond donors (Lipinski definition) is 3. The SMILES string of the molecule is CCNc1ncnc(NC(C)(C)CO)c1C. The Kier molecular flexibility index (Phi) is 4.06. The van der Waals surface area contributed by atoms with Crippen LogP contribution in [-0.2, 0) is 0 Å². The molecule has 1 rings (SSSR count). The third kappa shape index (κ3) is 3.06. The van der Waals surface area contributed by atoms with E-state index in [-0.39, 0.29) is 12.1 Å². The van der Waals surface area contributed by atoms with Crippen LogP contribution in [0.2, 0.25) is 0 Å². The first-order valence-electron chi connectivity index (χ1n) is 5.44. The molecule has 0 spiro atoms. The summed E-state index contributed by atoms with van der Waals surface area (Å²) < 4.78 is 0. The lowest BCUT2D eigenvalue weighted by atomic mass is 10.1. The molecule has 0 radical (unpaired) electrons. The van der Waals surface area contributed by atoms with Crippen molar-refractivity contribution in [3.05, 3.63) is 11.9 Å². The van der Waals surface area contributed by atoms with E-state index in [1.54, 1.807) is 0 Å². The fourth-order valence-electron chi connectivity index (χ4n) is 1.28. The van der Waals surface area contributed by atoms with Gasteiger partial charge in [-0.2, -0.15) is 0 Å². The fourth-order valence-corrected chi connectivity index (χ4v) is 1.28. The first-order chi connectivity index (χ1) is 7.50. The van der Waals surface area contributed by atoms with Gasteiger partial charge in [-0.3, -0.25) is 0 Å². The molecule has 0 aliphatic carbocycles. The molecule has 3 N–H and O–H groups in total. The quantitative estimate of drug-likeness (QED) is 0.705. The van der Waals surface area contributed by atoms with Gasteiger partial charge in [-0.1, -0.05) is 0 Å². The van der Waals surface area contributed by atoms with Crippen LogP contribution in [0.5, 0.6) is 0 Å². The Balaban J connectivity index is 2.93. The minimum atomic E-state index is -0.386. The Hall–Kier alpha value is -1.36. The average Bonchev–Trinajstić information content (AvgIpc) is 2.24. The maximum absolute atomic E-state index is 9.20.